The highest BCUT2D eigenvalue weighted by molar-refractivity contribution is 6.04. The second kappa shape index (κ2) is 6.51. The molecular weight excluding hydrogens is 258 g/mol. The fourth-order valence-corrected chi connectivity index (χ4v) is 1.85. The average molecular weight is 273 g/mol. The van der Waals surface area contributed by atoms with Crippen molar-refractivity contribution in [2.45, 2.75) is 12.5 Å². The van der Waals surface area contributed by atoms with Crippen molar-refractivity contribution >= 4 is 18.3 Å². The molecule has 0 aliphatic carbocycles. The van der Waals surface area contributed by atoms with Crippen molar-refractivity contribution in [3.8, 4) is 0 Å². The van der Waals surface area contributed by atoms with E-state index in [1.54, 1.807) is 42.6 Å². The van der Waals surface area contributed by atoms with Crippen LogP contribution >= 0.6 is 0 Å². The Morgan fingerprint density at radius 2 is 2.00 bits per heavy atom. The maximum Gasteiger partial charge on any atom is 0.322 e. The van der Waals surface area contributed by atoms with E-state index in [9.17, 15) is 14.4 Å². The van der Waals surface area contributed by atoms with Gasteiger partial charge in [0.15, 0.2) is 0 Å². The lowest BCUT2D eigenvalue weighted by Crippen LogP contribution is -2.45. The van der Waals surface area contributed by atoms with Crippen molar-refractivity contribution in [1.29, 1.82) is 0 Å². The van der Waals surface area contributed by atoms with Crippen LogP contribution < -0.4 is 10.6 Å². The van der Waals surface area contributed by atoms with Crippen LogP contribution in [0.15, 0.2) is 42.6 Å². The molecule has 6 nitrogen and oxygen atoms in total. The molecule has 1 aliphatic heterocycles. The fourth-order valence-electron chi connectivity index (χ4n) is 1.85. The summed E-state index contributed by atoms with van der Waals surface area (Å²) in [6, 6.07) is 7.77. The third-order valence-electron chi connectivity index (χ3n) is 2.92. The van der Waals surface area contributed by atoms with Gasteiger partial charge in [-0.2, -0.15) is 0 Å². The summed E-state index contributed by atoms with van der Waals surface area (Å²) in [4.78, 5) is 35.4. The Morgan fingerprint density at radius 3 is 2.60 bits per heavy atom. The molecule has 1 unspecified atom stereocenters. The molecule has 0 saturated carbocycles. The first-order chi connectivity index (χ1) is 9.69. The monoisotopic (exact) mass is 273 g/mol. The lowest BCUT2D eigenvalue weighted by Gasteiger charge is -2.23. The number of rotatable bonds is 3. The van der Waals surface area contributed by atoms with Gasteiger partial charge in [-0.1, -0.05) is 18.2 Å². The molecule has 0 bridgehead atoms. The van der Waals surface area contributed by atoms with Crippen molar-refractivity contribution in [3.05, 3.63) is 48.2 Å². The Bertz CT molecular complexity index is 528. The van der Waals surface area contributed by atoms with Crippen LogP contribution in [0.25, 0.3) is 0 Å². The Labute approximate surface area is 116 Å². The van der Waals surface area contributed by atoms with Gasteiger partial charge in [0, 0.05) is 18.3 Å². The number of nitrogens with one attached hydrogen (secondary N) is 2. The minimum absolute atomic E-state index is 0.185. The highest BCUT2D eigenvalue weighted by atomic mass is 16.2. The van der Waals surface area contributed by atoms with Crippen molar-refractivity contribution in [1.82, 2.24) is 15.5 Å². The predicted octanol–water partition coefficient (Wildman–Crippen LogP) is 0.870. The molecular formula is C14H15N3O3. The first kappa shape index (κ1) is 13.8. The summed E-state index contributed by atoms with van der Waals surface area (Å²) in [5.41, 5.74) is 0.425. The summed E-state index contributed by atoms with van der Waals surface area (Å²) in [5, 5.41) is 4.93. The quantitative estimate of drug-likeness (QED) is 0.802. The lowest BCUT2D eigenvalue weighted by molar-refractivity contribution is -0.116. The van der Waals surface area contributed by atoms with Gasteiger partial charge >= 0.3 is 6.03 Å². The third kappa shape index (κ3) is 3.68. The summed E-state index contributed by atoms with van der Waals surface area (Å²) >= 11 is 0. The molecule has 20 heavy (non-hydrogen) atoms. The number of carbonyl (C=O) groups is 3. The molecule has 0 aromatic heterocycles. The first-order valence-electron chi connectivity index (χ1n) is 6.25. The third-order valence-corrected chi connectivity index (χ3v) is 2.92. The van der Waals surface area contributed by atoms with E-state index in [-0.39, 0.29) is 6.04 Å². The summed E-state index contributed by atoms with van der Waals surface area (Å²) in [6.45, 7) is 0.539. The van der Waals surface area contributed by atoms with E-state index < -0.39 is 11.9 Å². The van der Waals surface area contributed by atoms with Crippen LogP contribution in [-0.4, -0.2) is 35.8 Å². The zero-order valence-corrected chi connectivity index (χ0v) is 10.8. The smallest absolute Gasteiger partial charge is 0.322 e. The van der Waals surface area contributed by atoms with E-state index in [0.29, 0.717) is 18.5 Å². The molecule has 1 atom stereocenters. The summed E-state index contributed by atoms with van der Waals surface area (Å²) in [6.07, 6.45) is 4.67. The number of carbonyl (C=O) groups excluding carboxylic acids is 3. The van der Waals surface area contributed by atoms with Gasteiger partial charge in [-0.05, 0) is 24.6 Å². The molecule has 4 amide bonds. The van der Waals surface area contributed by atoms with E-state index in [1.165, 1.54) is 4.90 Å². The first-order valence-corrected chi connectivity index (χ1v) is 6.25. The predicted molar refractivity (Wildman–Crippen MR) is 72.8 cm³/mol. The Morgan fingerprint density at radius 1 is 1.25 bits per heavy atom. The van der Waals surface area contributed by atoms with E-state index in [4.69, 9.17) is 0 Å². The van der Waals surface area contributed by atoms with Crippen molar-refractivity contribution in [3.63, 3.8) is 0 Å². The topological polar surface area (TPSA) is 78.5 Å². The molecule has 1 aromatic carbocycles. The highest BCUT2D eigenvalue weighted by Gasteiger charge is 2.16. The number of nitrogens with zero attached hydrogens (tertiary/aromatic N) is 1. The number of benzene rings is 1. The summed E-state index contributed by atoms with van der Waals surface area (Å²) in [7, 11) is 0. The van der Waals surface area contributed by atoms with E-state index in [0.717, 1.165) is 6.41 Å². The Kier molecular flexibility index (Phi) is 4.49. The molecule has 1 aliphatic rings. The van der Waals surface area contributed by atoms with Crippen LogP contribution in [-0.2, 0) is 4.79 Å². The average Bonchev–Trinajstić information content (AvgIpc) is 2.49. The highest BCUT2D eigenvalue weighted by Crippen LogP contribution is 2.05. The summed E-state index contributed by atoms with van der Waals surface area (Å²) < 4.78 is 0. The number of hydrogen-bond donors (Lipinski definition) is 2. The lowest BCUT2D eigenvalue weighted by atomic mass is 10.1. The van der Waals surface area contributed by atoms with Gasteiger partial charge in [0.1, 0.15) is 0 Å². The maximum atomic E-state index is 11.8. The second-order valence-corrected chi connectivity index (χ2v) is 4.37. The minimum atomic E-state index is -0.548. The van der Waals surface area contributed by atoms with Crippen molar-refractivity contribution in [2.75, 3.05) is 6.54 Å². The molecule has 0 spiro atoms. The van der Waals surface area contributed by atoms with Crippen LogP contribution in [0.3, 0.4) is 0 Å². The van der Waals surface area contributed by atoms with Crippen molar-refractivity contribution < 1.29 is 14.4 Å². The molecule has 6 heteroatoms. The second-order valence-electron chi connectivity index (χ2n) is 4.37. The molecule has 2 rings (SSSR count). The number of imide groups is 1. The largest absolute Gasteiger partial charge is 0.331 e. The molecule has 0 saturated heterocycles. The zero-order valence-electron chi connectivity index (χ0n) is 10.8. The van der Waals surface area contributed by atoms with Crippen molar-refractivity contribution in [2.24, 2.45) is 0 Å². The molecule has 0 fully saturated rings. The SMILES string of the molecule is O=CN1C=CC(NC(=O)NC(=O)c2ccccc2)CC1. The van der Waals surface area contributed by atoms with E-state index in [1.807, 2.05) is 0 Å². The van der Waals surface area contributed by atoms with Crippen LogP contribution in [0.1, 0.15) is 16.8 Å². The minimum Gasteiger partial charge on any atom is -0.331 e. The van der Waals surface area contributed by atoms with Crippen LogP contribution in [0.2, 0.25) is 0 Å². The van der Waals surface area contributed by atoms with Gasteiger partial charge in [-0.15, -0.1) is 0 Å². The fraction of sp³-hybridized carbons (Fsp3) is 0.214. The Balaban J connectivity index is 1.84. The zero-order chi connectivity index (χ0) is 14.4. The van der Waals surface area contributed by atoms with Crippen LogP contribution in [0.5, 0.6) is 0 Å². The molecule has 2 N–H and O–H groups in total. The van der Waals surface area contributed by atoms with Gasteiger partial charge in [-0.3, -0.25) is 14.9 Å². The number of hydrogen-bond acceptors (Lipinski definition) is 3. The summed E-state index contributed by atoms with van der Waals surface area (Å²) in [5.74, 6) is -0.447. The van der Waals surface area contributed by atoms with Crippen LogP contribution in [0.4, 0.5) is 4.79 Å². The number of amides is 4. The molecule has 104 valence electrons. The normalized spacial score (nSPS) is 17.4. The van der Waals surface area contributed by atoms with Gasteiger partial charge in [0.25, 0.3) is 5.91 Å². The van der Waals surface area contributed by atoms with E-state index >= 15 is 0 Å². The number of urea groups is 1. The van der Waals surface area contributed by atoms with Gasteiger partial charge in [-0.25, -0.2) is 4.79 Å². The Hall–Kier alpha value is -2.63. The molecule has 1 aromatic rings. The molecule has 1 heterocycles. The van der Waals surface area contributed by atoms with Crippen LogP contribution in [0, 0.1) is 0 Å². The maximum absolute atomic E-state index is 11.8. The van der Waals surface area contributed by atoms with E-state index in [2.05, 4.69) is 10.6 Å². The van der Waals surface area contributed by atoms with Gasteiger partial charge in [0.05, 0.1) is 6.04 Å². The standard InChI is InChI=1S/C14H15N3O3/c18-10-17-8-6-12(7-9-17)15-14(20)16-13(19)11-4-2-1-3-5-11/h1-6,8,10,12H,7,9H2,(H2,15,16,19,20). The van der Waals surface area contributed by atoms with Gasteiger partial charge < -0.3 is 10.2 Å². The molecule has 0 radical (unpaired) electrons. The van der Waals surface area contributed by atoms with Gasteiger partial charge in [0.2, 0.25) is 6.41 Å².